The molecule has 1 amide bonds. The maximum absolute atomic E-state index is 11.4. The Morgan fingerprint density at radius 2 is 2.06 bits per heavy atom. The lowest BCUT2D eigenvalue weighted by atomic mass is 10.2. The van der Waals surface area contributed by atoms with Crippen LogP contribution in [0.3, 0.4) is 0 Å². The van der Waals surface area contributed by atoms with E-state index >= 15 is 0 Å². The van der Waals surface area contributed by atoms with Gasteiger partial charge in [-0.05, 0) is 24.5 Å². The van der Waals surface area contributed by atoms with Crippen molar-refractivity contribution in [1.29, 1.82) is 0 Å². The normalized spacial score (nSPS) is 10.8. The summed E-state index contributed by atoms with van der Waals surface area (Å²) < 4.78 is 0. The molecule has 4 heteroatoms. The molecule has 0 aliphatic heterocycles. The van der Waals surface area contributed by atoms with Gasteiger partial charge in [0.1, 0.15) is 0 Å². The van der Waals surface area contributed by atoms with Crippen LogP contribution in [0.15, 0.2) is 12.1 Å². The van der Waals surface area contributed by atoms with Crippen LogP contribution in [0.2, 0.25) is 0 Å². The Bertz CT molecular complexity index is 347. The molecule has 1 aromatic heterocycles. The fourth-order valence-corrected chi connectivity index (χ4v) is 2.31. The van der Waals surface area contributed by atoms with Crippen molar-refractivity contribution in [3.63, 3.8) is 0 Å². The lowest BCUT2D eigenvalue weighted by Crippen LogP contribution is -2.35. The van der Waals surface area contributed by atoms with Gasteiger partial charge in [0.25, 0.3) is 0 Å². The average molecular weight is 254 g/mol. The Morgan fingerprint density at radius 1 is 1.35 bits per heavy atom. The molecular weight excluding hydrogens is 232 g/mol. The summed E-state index contributed by atoms with van der Waals surface area (Å²) in [4.78, 5) is 14.1. The number of amides is 1. The van der Waals surface area contributed by atoms with E-state index in [9.17, 15) is 4.79 Å². The number of hydrogen-bond acceptors (Lipinski definition) is 3. The number of aryl methyl sites for hydroxylation is 1. The van der Waals surface area contributed by atoms with E-state index in [0.29, 0.717) is 12.5 Å². The lowest BCUT2D eigenvalue weighted by molar-refractivity contribution is -0.120. The van der Waals surface area contributed by atoms with E-state index in [2.05, 4.69) is 43.5 Å². The van der Waals surface area contributed by atoms with Crippen LogP contribution in [-0.2, 0) is 17.8 Å². The summed E-state index contributed by atoms with van der Waals surface area (Å²) in [6.07, 6.45) is 1.08. The third kappa shape index (κ3) is 5.84. The van der Waals surface area contributed by atoms with E-state index in [4.69, 9.17) is 0 Å². The molecule has 1 rings (SSSR count). The van der Waals surface area contributed by atoms with Gasteiger partial charge in [-0.15, -0.1) is 11.3 Å². The van der Waals surface area contributed by atoms with E-state index in [-0.39, 0.29) is 5.91 Å². The smallest absolute Gasteiger partial charge is 0.233 e. The summed E-state index contributed by atoms with van der Waals surface area (Å²) in [6.45, 7) is 8.25. The third-order valence-corrected chi connectivity index (χ3v) is 3.59. The molecule has 0 aromatic carbocycles. The third-order valence-electron chi connectivity index (χ3n) is 2.36. The van der Waals surface area contributed by atoms with E-state index < -0.39 is 0 Å². The molecule has 0 fully saturated rings. The van der Waals surface area contributed by atoms with E-state index in [1.165, 1.54) is 9.75 Å². The first-order chi connectivity index (χ1) is 8.11. The second kappa shape index (κ2) is 7.45. The van der Waals surface area contributed by atoms with E-state index in [1.807, 2.05) is 11.3 Å². The zero-order valence-corrected chi connectivity index (χ0v) is 11.7. The van der Waals surface area contributed by atoms with Crippen molar-refractivity contribution in [3.8, 4) is 0 Å². The number of carbonyl (C=O) groups excluding carboxylic acids is 1. The molecule has 0 saturated carbocycles. The molecule has 0 radical (unpaired) electrons. The van der Waals surface area contributed by atoms with Gasteiger partial charge in [-0.2, -0.15) is 0 Å². The number of thiophene rings is 1. The van der Waals surface area contributed by atoms with Gasteiger partial charge in [-0.25, -0.2) is 0 Å². The van der Waals surface area contributed by atoms with E-state index in [0.717, 1.165) is 19.5 Å². The van der Waals surface area contributed by atoms with Crippen LogP contribution >= 0.6 is 11.3 Å². The van der Waals surface area contributed by atoms with Gasteiger partial charge in [-0.1, -0.05) is 20.8 Å². The minimum atomic E-state index is 0.0750. The lowest BCUT2D eigenvalue weighted by Gasteiger charge is -2.07. The Labute approximate surface area is 108 Å². The molecule has 2 N–H and O–H groups in total. The highest BCUT2D eigenvalue weighted by Gasteiger charge is 2.02. The molecule has 0 aliphatic rings. The van der Waals surface area contributed by atoms with Crippen LogP contribution in [-0.4, -0.2) is 19.0 Å². The van der Waals surface area contributed by atoms with Crippen molar-refractivity contribution in [2.75, 3.05) is 13.1 Å². The molecule has 0 aliphatic carbocycles. The second-order valence-corrected chi connectivity index (χ2v) is 5.78. The van der Waals surface area contributed by atoms with Gasteiger partial charge in [0.2, 0.25) is 5.91 Å². The van der Waals surface area contributed by atoms with Gasteiger partial charge in [0.05, 0.1) is 6.54 Å². The molecular formula is C13H22N2OS. The number of hydrogen-bond donors (Lipinski definition) is 2. The molecule has 17 heavy (non-hydrogen) atoms. The van der Waals surface area contributed by atoms with Crippen molar-refractivity contribution in [2.24, 2.45) is 5.92 Å². The Kier molecular flexibility index (Phi) is 6.22. The second-order valence-electron chi connectivity index (χ2n) is 4.52. The zero-order valence-electron chi connectivity index (χ0n) is 10.9. The topological polar surface area (TPSA) is 41.1 Å². The molecule has 1 heterocycles. The molecule has 0 bridgehead atoms. The summed E-state index contributed by atoms with van der Waals surface area (Å²) in [5.74, 6) is 0.578. The predicted molar refractivity (Wildman–Crippen MR) is 73.3 cm³/mol. The van der Waals surface area contributed by atoms with Gasteiger partial charge in [0, 0.05) is 22.8 Å². The average Bonchev–Trinajstić information content (AvgIpc) is 2.74. The van der Waals surface area contributed by atoms with Gasteiger partial charge in [0.15, 0.2) is 0 Å². The van der Waals surface area contributed by atoms with Crippen molar-refractivity contribution in [2.45, 2.75) is 33.7 Å². The maximum atomic E-state index is 11.4. The quantitative estimate of drug-likeness (QED) is 0.783. The highest BCUT2D eigenvalue weighted by molar-refractivity contribution is 7.11. The summed E-state index contributed by atoms with van der Waals surface area (Å²) >= 11 is 1.81. The van der Waals surface area contributed by atoms with Crippen LogP contribution < -0.4 is 10.6 Å². The van der Waals surface area contributed by atoms with Crippen LogP contribution in [0.5, 0.6) is 0 Å². The Hall–Kier alpha value is -0.870. The van der Waals surface area contributed by atoms with E-state index in [1.54, 1.807) is 0 Å². The summed E-state index contributed by atoms with van der Waals surface area (Å²) in [5.41, 5.74) is 0. The Morgan fingerprint density at radius 3 is 2.65 bits per heavy atom. The van der Waals surface area contributed by atoms with Gasteiger partial charge in [-0.3, -0.25) is 4.79 Å². The van der Waals surface area contributed by atoms with Crippen molar-refractivity contribution in [3.05, 3.63) is 21.9 Å². The maximum Gasteiger partial charge on any atom is 0.233 e. The molecule has 96 valence electrons. The predicted octanol–water partition coefficient (Wildman–Crippen LogP) is 2.17. The summed E-state index contributed by atoms with van der Waals surface area (Å²) in [5, 5.41) is 6.05. The van der Waals surface area contributed by atoms with Crippen LogP contribution in [0.25, 0.3) is 0 Å². The number of nitrogens with one attached hydrogen (secondary N) is 2. The SMILES string of the molecule is CCc1ccc(CNCC(=O)NCC(C)C)s1. The Balaban J connectivity index is 2.16. The van der Waals surface area contributed by atoms with Gasteiger partial charge < -0.3 is 10.6 Å². The van der Waals surface area contributed by atoms with Crippen molar-refractivity contribution in [1.82, 2.24) is 10.6 Å². The van der Waals surface area contributed by atoms with Crippen molar-refractivity contribution < 1.29 is 4.79 Å². The standard InChI is InChI=1S/C13H22N2OS/c1-4-11-5-6-12(17-11)8-14-9-13(16)15-7-10(2)3/h5-6,10,14H,4,7-9H2,1-3H3,(H,15,16). The molecule has 0 saturated heterocycles. The zero-order chi connectivity index (χ0) is 12.7. The highest BCUT2D eigenvalue weighted by Crippen LogP contribution is 2.16. The molecule has 3 nitrogen and oxygen atoms in total. The number of rotatable bonds is 7. The minimum Gasteiger partial charge on any atom is -0.355 e. The molecule has 1 aromatic rings. The first-order valence-corrected chi connectivity index (χ1v) is 6.98. The summed E-state index contributed by atoms with van der Waals surface area (Å²) in [6, 6.07) is 4.28. The molecule has 0 spiro atoms. The number of carbonyl (C=O) groups is 1. The fraction of sp³-hybridized carbons (Fsp3) is 0.615. The van der Waals surface area contributed by atoms with Crippen molar-refractivity contribution >= 4 is 17.2 Å². The largest absolute Gasteiger partial charge is 0.355 e. The first-order valence-electron chi connectivity index (χ1n) is 6.16. The first kappa shape index (κ1) is 14.2. The highest BCUT2D eigenvalue weighted by atomic mass is 32.1. The fourth-order valence-electron chi connectivity index (χ4n) is 1.39. The molecule has 0 atom stereocenters. The van der Waals surface area contributed by atoms with Crippen LogP contribution in [0.4, 0.5) is 0 Å². The minimum absolute atomic E-state index is 0.0750. The van der Waals surface area contributed by atoms with Crippen LogP contribution in [0.1, 0.15) is 30.5 Å². The monoisotopic (exact) mass is 254 g/mol. The van der Waals surface area contributed by atoms with Gasteiger partial charge >= 0.3 is 0 Å². The summed E-state index contributed by atoms with van der Waals surface area (Å²) in [7, 11) is 0. The van der Waals surface area contributed by atoms with Crippen LogP contribution in [0, 0.1) is 5.92 Å². The molecule has 0 unspecified atom stereocenters.